The molecule has 1 atom stereocenters. The molecule has 1 aliphatic rings. The topological polar surface area (TPSA) is 9.23 Å². The van der Waals surface area contributed by atoms with Gasteiger partial charge in [0.25, 0.3) is 0 Å². The Morgan fingerprint density at radius 1 is 0.667 bits per heavy atom. The van der Waals surface area contributed by atoms with Gasteiger partial charge >= 0.3 is 0 Å². The lowest BCUT2D eigenvalue weighted by atomic mass is 9.61. The van der Waals surface area contributed by atoms with Crippen molar-refractivity contribution in [3.63, 3.8) is 0 Å². The summed E-state index contributed by atoms with van der Waals surface area (Å²) in [7, 11) is 2.77. The van der Waals surface area contributed by atoms with Gasteiger partial charge in [0.1, 0.15) is 11.5 Å². The predicted molar refractivity (Wildman–Crippen MR) is 131 cm³/mol. The van der Waals surface area contributed by atoms with E-state index < -0.39 is 0 Å². The van der Waals surface area contributed by atoms with Crippen molar-refractivity contribution >= 4 is 37.4 Å². The van der Waals surface area contributed by atoms with Crippen LogP contribution < -0.4 is 26.3 Å². The maximum atomic E-state index is 6.70. The van der Waals surface area contributed by atoms with Crippen molar-refractivity contribution in [1.29, 1.82) is 0 Å². The van der Waals surface area contributed by atoms with Crippen LogP contribution in [0.5, 0.6) is 11.5 Å². The molecule has 1 unspecified atom stereocenters. The quantitative estimate of drug-likeness (QED) is 0.361. The van der Waals surface area contributed by atoms with Gasteiger partial charge in [-0.3, -0.25) is 0 Å². The second-order valence-electron chi connectivity index (χ2n) is 8.18. The normalized spacial score (nSPS) is 14.1. The summed E-state index contributed by atoms with van der Waals surface area (Å²) in [5.41, 5.74) is 4.67. The van der Waals surface area contributed by atoms with Gasteiger partial charge in [0.05, 0.1) is 0 Å². The van der Waals surface area contributed by atoms with Crippen molar-refractivity contribution in [2.24, 2.45) is 0 Å². The number of benzene rings is 4. The Bertz CT molecular complexity index is 1090. The largest absolute Gasteiger partial charge is 0.457 e. The van der Waals surface area contributed by atoms with E-state index in [4.69, 9.17) is 4.74 Å². The Balaban J connectivity index is 1.60. The van der Waals surface area contributed by atoms with Crippen LogP contribution in [0.3, 0.4) is 0 Å². The molecule has 4 aromatic carbocycles. The zero-order chi connectivity index (χ0) is 20.6. The highest BCUT2D eigenvalue weighted by atomic mass is 31.1. The number of rotatable bonds is 4. The van der Waals surface area contributed by atoms with Gasteiger partial charge in [-0.05, 0) is 10.8 Å². The number of ether oxygens (including phenoxy) is 1. The minimum atomic E-state index is -0.124. The van der Waals surface area contributed by atoms with Crippen molar-refractivity contribution in [2.75, 3.05) is 0 Å². The first-order valence-corrected chi connectivity index (χ1v) is 11.3. The Hall–Kier alpha value is -2.83. The summed E-state index contributed by atoms with van der Waals surface area (Å²) in [4.78, 5) is 0. The first-order chi connectivity index (χ1) is 14.6. The van der Waals surface area contributed by atoms with Crippen LogP contribution in [0.2, 0.25) is 0 Å². The molecule has 1 nitrogen and oxygen atoms in total. The summed E-state index contributed by atoms with van der Waals surface area (Å²) in [6, 6.07) is 34.2. The summed E-state index contributed by atoms with van der Waals surface area (Å²) < 4.78 is 6.70. The molecular weight excluding hydrogens is 382 g/mol. The molecule has 30 heavy (non-hydrogen) atoms. The fourth-order valence-electron chi connectivity index (χ4n) is 4.17. The molecule has 145 valence electrons. The van der Waals surface area contributed by atoms with Gasteiger partial charge < -0.3 is 4.74 Å². The number of hydrogen-bond donors (Lipinski definition) is 0. The molecule has 4 aromatic rings. The third kappa shape index (κ3) is 3.46. The standard InChI is InChI=1S/C27H23BOP/c1-27(2)21-15-9-17-23(28-19-11-5-3-6-12-19)25(21)29-26-22(27)16-10-18-24(26)30-20-13-7-4-8-14-20/h3-18,30H,1-2H3. The smallest absolute Gasteiger partial charge is 0.196 e. The minimum Gasteiger partial charge on any atom is -0.457 e. The molecule has 0 bridgehead atoms. The van der Waals surface area contributed by atoms with Gasteiger partial charge in [-0.25, -0.2) is 0 Å². The van der Waals surface area contributed by atoms with Crippen molar-refractivity contribution in [2.45, 2.75) is 19.3 Å². The highest BCUT2D eigenvalue weighted by Crippen LogP contribution is 2.47. The fourth-order valence-corrected chi connectivity index (χ4v) is 5.31. The molecule has 0 saturated heterocycles. The van der Waals surface area contributed by atoms with Crippen LogP contribution in [0.4, 0.5) is 0 Å². The zero-order valence-electron chi connectivity index (χ0n) is 17.2. The second-order valence-corrected chi connectivity index (χ2v) is 9.55. The minimum absolute atomic E-state index is 0.124. The summed E-state index contributed by atoms with van der Waals surface area (Å²) in [6.07, 6.45) is 0. The van der Waals surface area contributed by atoms with E-state index >= 15 is 0 Å². The molecular formula is C27H23BOP. The monoisotopic (exact) mass is 405 g/mol. The average molecular weight is 405 g/mol. The van der Waals surface area contributed by atoms with E-state index in [9.17, 15) is 0 Å². The van der Waals surface area contributed by atoms with Gasteiger partial charge in [-0.15, -0.1) is 0 Å². The van der Waals surface area contributed by atoms with Gasteiger partial charge in [0, 0.05) is 21.8 Å². The van der Waals surface area contributed by atoms with Crippen molar-refractivity contribution in [3.05, 3.63) is 108 Å². The average Bonchev–Trinajstić information content (AvgIpc) is 2.77. The van der Waals surface area contributed by atoms with Crippen molar-refractivity contribution in [1.82, 2.24) is 0 Å². The molecule has 0 saturated carbocycles. The predicted octanol–water partition coefficient (Wildman–Crippen LogP) is 4.40. The fraction of sp³-hybridized carbons (Fsp3) is 0.111. The van der Waals surface area contributed by atoms with E-state index in [1.807, 2.05) is 6.07 Å². The maximum Gasteiger partial charge on any atom is 0.196 e. The Kier molecular flexibility index (Phi) is 4.97. The maximum absolute atomic E-state index is 6.70. The summed E-state index contributed by atoms with van der Waals surface area (Å²) in [5.74, 6) is 2.00. The molecule has 0 N–H and O–H groups in total. The van der Waals surface area contributed by atoms with Gasteiger partial charge in [0.2, 0.25) is 0 Å². The van der Waals surface area contributed by atoms with E-state index in [1.54, 1.807) is 0 Å². The van der Waals surface area contributed by atoms with Gasteiger partial charge in [0.15, 0.2) is 7.28 Å². The number of hydrogen-bond acceptors (Lipinski definition) is 1. The summed E-state index contributed by atoms with van der Waals surface area (Å²) >= 11 is 0. The van der Waals surface area contributed by atoms with E-state index in [0.717, 1.165) is 17.0 Å². The second kappa shape index (κ2) is 7.78. The molecule has 1 radical (unpaired) electrons. The lowest BCUT2D eigenvalue weighted by Gasteiger charge is -2.36. The van der Waals surface area contributed by atoms with E-state index in [1.165, 1.54) is 27.2 Å². The Morgan fingerprint density at radius 2 is 1.30 bits per heavy atom. The molecule has 0 aromatic heterocycles. The molecule has 0 amide bonds. The molecule has 3 heteroatoms. The van der Waals surface area contributed by atoms with Crippen LogP contribution in [0.25, 0.3) is 0 Å². The van der Waals surface area contributed by atoms with E-state index in [0.29, 0.717) is 8.58 Å². The van der Waals surface area contributed by atoms with Crippen LogP contribution in [0.1, 0.15) is 25.0 Å². The third-order valence-corrected chi connectivity index (χ3v) is 7.07. The molecule has 0 aliphatic carbocycles. The molecule has 1 heterocycles. The molecule has 1 aliphatic heterocycles. The number of para-hydroxylation sites is 2. The Morgan fingerprint density at radius 3 is 2.03 bits per heavy atom. The lowest BCUT2D eigenvalue weighted by molar-refractivity contribution is 0.425. The molecule has 5 rings (SSSR count). The van der Waals surface area contributed by atoms with Gasteiger partial charge in [-0.2, -0.15) is 0 Å². The SMILES string of the molecule is CC1(C)c2cccc([B]c3ccccc3)c2Oc2c(Pc3ccccc3)cccc21. The van der Waals surface area contributed by atoms with Crippen LogP contribution in [-0.2, 0) is 5.41 Å². The highest BCUT2D eigenvalue weighted by Gasteiger charge is 2.36. The first kappa shape index (κ1) is 19.2. The van der Waals surface area contributed by atoms with Crippen LogP contribution in [-0.4, -0.2) is 7.28 Å². The van der Waals surface area contributed by atoms with E-state index in [-0.39, 0.29) is 5.41 Å². The van der Waals surface area contributed by atoms with E-state index in [2.05, 4.69) is 112 Å². The zero-order valence-corrected chi connectivity index (χ0v) is 18.2. The summed E-state index contributed by atoms with van der Waals surface area (Å²) in [6.45, 7) is 4.60. The van der Waals surface area contributed by atoms with Crippen molar-refractivity contribution in [3.8, 4) is 11.5 Å². The Labute approximate surface area is 181 Å². The number of fused-ring (bicyclic) bond motifs is 2. The third-order valence-electron chi connectivity index (χ3n) is 5.79. The summed E-state index contributed by atoms with van der Waals surface area (Å²) in [5, 5.41) is 2.58. The molecule has 0 fully saturated rings. The lowest BCUT2D eigenvalue weighted by Crippen LogP contribution is -2.34. The highest BCUT2D eigenvalue weighted by molar-refractivity contribution is 7.55. The van der Waals surface area contributed by atoms with Crippen LogP contribution in [0, 0.1) is 0 Å². The van der Waals surface area contributed by atoms with Crippen LogP contribution >= 0.6 is 8.58 Å². The van der Waals surface area contributed by atoms with Gasteiger partial charge in [-0.1, -0.05) is 125 Å². The molecule has 0 spiro atoms. The van der Waals surface area contributed by atoms with Crippen LogP contribution in [0.15, 0.2) is 97.1 Å². The first-order valence-electron chi connectivity index (χ1n) is 10.3. The van der Waals surface area contributed by atoms with Crippen molar-refractivity contribution < 1.29 is 4.74 Å².